The fourth-order valence-corrected chi connectivity index (χ4v) is 4.19. The van der Waals surface area contributed by atoms with Crippen molar-refractivity contribution in [1.82, 2.24) is 9.71 Å². The van der Waals surface area contributed by atoms with Gasteiger partial charge >= 0.3 is 0 Å². The molecule has 3 aromatic rings. The molecule has 1 saturated carbocycles. The van der Waals surface area contributed by atoms with Gasteiger partial charge in [-0.25, -0.2) is 17.5 Å². The summed E-state index contributed by atoms with van der Waals surface area (Å²) in [6, 6.07) is 11.7. The molecule has 1 amide bonds. The number of anilines is 1. The molecule has 1 heterocycles. The Kier molecular flexibility index (Phi) is 5.06. The van der Waals surface area contributed by atoms with Gasteiger partial charge in [-0.1, -0.05) is 0 Å². The quantitative estimate of drug-likeness (QED) is 0.646. The summed E-state index contributed by atoms with van der Waals surface area (Å²) in [6.45, 7) is 2.19. The monoisotopic (exact) mass is 413 g/mol. The van der Waals surface area contributed by atoms with Gasteiger partial charge in [0.2, 0.25) is 10.0 Å². The molecule has 1 aliphatic carbocycles. The Bertz CT molecular complexity index is 1180. The first kappa shape index (κ1) is 19.5. The van der Waals surface area contributed by atoms with E-state index in [1.54, 1.807) is 25.1 Å². The molecule has 0 radical (unpaired) electrons. The first-order chi connectivity index (χ1) is 13.8. The molecule has 0 bridgehead atoms. The highest BCUT2D eigenvalue weighted by Gasteiger charge is 2.24. The fraction of sp³-hybridized carbons (Fsp3) is 0.238. The maximum Gasteiger partial charge on any atom is 0.256 e. The first-order valence-electron chi connectivity index (χ1n) is 9.30. The number of amides is 1. The van der Waals surface area contributed by atoms with Crippen LogP contribution in [-0.4, -0.2) is 25.9 Å². The normalized spacial score (nSPS) is 14.1. The number of fused-ring (bicyclic) bond motifs is 1. The summed E-state index contributed by atoms with van der Waals surface area (Å²) in [4.78, 5) is 17.2. The average Bonchev–Trinajstić information content (AvgIpc) is 3.50. The SMILES string of the molecule is Cc1cc(C(=O)Nc2ccc(S(=O)(=O)NCC3CC3)cc2)c2ccc(F)cc2n1. The van der Waals surface area contributed by atoms with E-state index in [0.29, 0.717) is 40.3 Å². The van der Waals surface area contributed by atoms with Gasteiger partial charge in [0.05, 0.1) is 16.0 Å². The van der Waals surface area contributed by atoms with Gasteiger partial charge in [-0.15, -0.1) is 0 Å². The standard InChI is InChI=1S/C21H20FN3O3S/c1-13-10-19(18-9-4-15(22)11-20(18)24-13)21(26)25-16-5-7-17(8-6-16)29(27,28)23-12-14-2-3-14/h4-11,14,23H,2-3,12H2,1H3,(H,25,26). The van der Waals surface area contributed by atoms with Gasteiger partial charge in [0.15, 0.2) is 0 Å². The number of aryl methyl sites for hydroxylation is 1. The van der Waals surface area contributed by atoms with E-state index in [4.69, 9.17) is 0 Å². The molecule has 0 saturated heterocycles. The third kappa shape index (κ3) is 4.44. The Hall–Kier alpha value is -2.84. The molecule has 0 spiro atoms. The molecule has 1 fully saturated rings. The van der Waals surface area contributed by atoms with Crippen molar-refractivity contribution in [2.75, 3.05) is 11.9 Å². The second-order valence-electron chi connectivity index (χ2n) is 7.25. The van der Waals surface area contributed by atoms with Crippen molar-refractivity contribution in [2.24, 2.45) is 5.92 Å². The third-order valence-electron chi connectivity index (χ3n) is 4.83. The number of aromatic nitrogens is 1. The van der Waals surface area contributed by atoms with Crippen molar-refractivity contribution in [1.29, 1.82) is 0 Å². The van der Waals surface area contributed by atoms with Gasteiger partial charge in [-0.05, 0) is 68.1 Å². The van der Waals surface area contributed by atoms with Gasteiger partial charge < -0.3 is 5.32 Å². The number of nitrogens with one attached hydrogen (secondary N) is 2. The van der Waals surface area contributed by atoms with E-state index < -0.39 is 15.8 Å². The van der Waals surface area contributed by atoms with E-state index in [2.05, 4.69) is 15.0 Å². The van der Waals surface area contributed by atoms with Crippen LogP contribution in [0.1, 0.15) is 28.9 Å². The van der Waals surface area contributed by atoms with Crippen molar-refractivity contribution in [3.63, 3.8) is 0 Å². The molecule has 29 heavy (non-hydrogen) atoms. The number of pyridine rings is 1. The van der Waals surface area contributed by atoms with E-state index in [9.17, 15) is 17.6 Å². The van der Waals surface area contributed by atoms with Crippen LogP contribution in [0, 0.1) is 18.7 Å². The highest BCUT2D eigenvalue weighted by molar-refractivity contribution is 7.89. The Balaban J connectivity index is 1.53. The van der Waals surface area contributed by atoms with Crippen molar-refractivity contribution >= 4 is 32.5 Å². The fourth-order valence-electron chi connectivity index (χ4n) is 3.07. The number of benzene rings is 2. The van der Waals surface area contributed by atoms with E-state index >= 15 is 0 Å². The van der Waals surface area contributed by atoms with Crippen LogP contribution in [0.3, 0.4) is 0 Å². The lowest BCUT2D eigenvalue weighted by atomic mass is 10.1. The zero-order valence-corrected chi connectivity index (χ0v) is 16.6. The minimum Gasteiger partial charge on any atom is -0.322 e. The number of sulfonamides is 1. The molecule has 1 aromatic heterocycles. The predicted molar refractivity (Wildman–Crippen MR) is 109 cm³/mol. The summed E-state index contributed by atoms with van der Waals surface area (Å²) < 4.78 is 40.7. The topological polar surface area (TPSA) is 88.2 Å². The smallest absolute Gasteiger partial charge is 0.256 e. The van der Waals surface area contributed by atoms with E-state index in [-0.39, 0.29) is 10.8 Å². The van der Waals surface area contributed by atoms with Gasteiger partial charge in [0.25, 0.3) is 5.91 Å². The molecular formula is C21H20FN3O3S. The number of carbonyl (C=O) groups is 1. The average molecular weight is 413 g/mol. The molecule has 2 aromatic carbocycles. The number of halogens is 1. The summed E-state index contributed by atoms with van der Waals surface area (Å²) in [5, 5.41) is 3.30. The molecule has 0 unspecified atom stereocenters. The number of rotatable bonds is 6. The van der Waals surface area contributed by atoms with E-state index in [1.165, 1.54) is 30.3 Å². The Morgan fingerprint density at radius 3 is 2.55 bits per heavy atom. The van der Waals surface area contributed by atoms with E-state index in [0.717, 1.165) is 12.8 Å². The van der Waals surface area contributed by atoms with Crippen LogP contribution in [0.15, 0.2) is 53.4 Å². The zero-order valence-electron chi connectivity index (χ0n) is 15.8. The van der Waals surface area contributed by atoms with Crippen LogP contribution in [0.2, 0.25) is 0 Å². The Morgan fingerprint density at radius 1 is 1.14 bits per heavy atom. The van der Waals surface area contributed by atoms with Gasteiger partial charge in [-0.2, -0.15) is 0 Å². The van der Waals surface area contributed by atoms with Crippen molar-refractivity contribution in [2.45, 2.75) is 24.7 Å². The number of hydrogen-bond donors (Lipinski definition) is 2. The zero-order chi connectivity index (χ0) is 20.6. The van der Waals surface area contributed by atoms with Crippen LogP contribution in [0.5, 0.6) is 0 Å². The molecule has 4 rings (SSSR count). The molecule has 6 nitrogen and oxygen atoms in total. The van der Waals surface area contributed by atoms with Gasteiger partial charge in [0, 0.05) is 29.4 Å². The molecule has 8 heteroatoms. The number of hydrogen-bond acceptors (Lipinski definition) is 4. The van der Waals surface area contributed by atoms with Crippen LogP contribution in [-0.2, 0) is 10.0 Å². The highest BCUT2D eigenvalue weighted by atomic mass is 32.2. The predicted octanol–water partition coefficient (Wildman–Crippen LogP) is 3.62. The maximum atomic E-state index is 13.5. The van der Waals surface area contributed by atoms with Crippen LogP contribution < -0.4 is 10.0 Å². The summed E-state index contributed by atoms with van der Waals surface area (Å²) in [7, 11) is -3.56. The number of carbonyl (C=O) groups excluding carboxylic acids is 1. The summed E-state index contributed by atoms with van der Waals surface area (Å²) >= 11 is 0. The molecule has 2 N–H and O–H groups in total. The lowest BCUT2D eigenvalue weighted by molar-refractivity contribution is 0.102. The van der Waals surface area contributed by atoms with E-state index in [1.807, 2.05) is 0 Å². The minimum atomic E-state index is -3.56. The van der Waals surface area contributed by atoms with Crippen LogP contribution in [0.4, 0.5) is 10.1 Å². The van der Waals surface area contributed by atoms with Gasteiger partial charge in [0.1, 0.15) is 5.82 Å². The second-order valence-corrected chi connectivity index (χ2v) is 9.01. The largest absolute Gasteiger partial charge is 0.322 e. The van der Waals surface area contributed by atoms with Crippen LogP contribution >= 0.6 is 0 Å². The lowest BCUT2D eigenvalue weighted by Gasteiger charge is -2.10. The number of nitrogens with zero attached hydrogens (tertiary/aromatic N) is 1. The Labute approximate surface area is 168 Å². The van der Waals surface area contributed by atoms with Crippen molar-refractivity contribution in [3.8, 4) is 0 Å². The highest BCUT2D eigenvalue weighted by Crippen LogP contribution is 2.28. The summed E-state index contributed by atoms with van der Waals surface area (Å²) in [5.74, 6) is -0.362. The molecule has 150 valence electrons. The Morgan fingerprint density at radius 2 is 1.86 bits per heavy atom. The second kappa shape index (κ2) is 7.53. The molecule has 0 aliphatic heterocycles. The lowest BCUT2D eigenvalue weighted by Crippen LogP contribution is -2.25. The van der Waals surface area contributed by atoms with Crippen molar-refractivity contribution in [3.05, 3.63) is 65.6 Å². The summed E-state index contributed by atoms with van der Waals surface area (Å²) in [6.07, 6.45) is 2.12. The summed E-state index contributed by atoms with van der Waals surface area (Å²) in [5.41, 5.74) is 1.82. The first-order valence-corrected chi connectivity index (χ1v) is 10.8. The van der Waals surface area contributed by atoms with Crippen LogP contribution in [0.25, 0.3) is 10.9 Å². The van der Waals surface area contributed by atoms with Gasteiger partial charge in [-0.3, -0.25) is 9.78 Å². The minimum absolute atomic E-state index is 0.150. The maximum absolute atomic E-state index is 13.5. The molecular weight excluding hydrogens is 393 g/mol. The third-order valence-corrected chi connectivity index (χ3v) is 6.27. The van der Waals surface area contributed by atoms with Crippen molar-refractivity contribution < 1.29 is 17.6 Å². The molecule has 1 aliphatic rings. The molecule has 0 atom stereocenters.